The maximum absolute atomic E-state index is 5.88. The van der Waals surface area contributed by atoms with Crippen molar-refractivity contribution >= 4 is 5.95 Å². The largest absolute Gasteiger partial charge is 0.367 e. The van der Waals surface area contributed by atoms with E-state index >= 15 is 0 Å². The molecule has 1 fully saturated rings. The lowest BCUT2D eigenvalue weighted by molar-refractivity contribution is -0.0792. The molecule has 2 N–H and O–H groups in total. The number of aromatic nitrogens is 2. The van der Waals surface area contributed by atoms with Gasteiger partial charge in [0.15, 0.2) is 0 Å². The summed E-state index contributed by atoms with van der Waals surface area (Å²) in [5.74, 6) is 0.764. The van der Waals surface area contributed by atoms with E-state index in [2.05, 4.69) is 28.7 Å². The Morgan fingerprint density at radius 1 is 1.59 bits per heavy atom. The Morgan fingerprint density at radius 3 is 3.00 bits per heavy atom. The Labute approximate surface area is 102 Å². The molecule has 1 aromatic rings. The number of hydrogen-bond acceptors (Lipinski definition) is 5. The molecule has 0 saturated carbocycles. The van der Waals surface area contributed by atoms with Crippen LogP contribution in [0, 0.1) is 6.92 Å². The Bertz CT molecular complexity index is 394. The molecular weight excluding hydrogens is 216 g/mol. The van der Waals surface area contributed by atoms with E-state index in [1.54, 1.807) is 6.20 Å². The van der Waals surface area contributed by atoms with E-state index in [1.165, 1.54) is 0 Å². The molecule has 5 heteroatoms. The summed E-state index contributed by atoms with van der Waals surface area (Å²) in [5, 5.41) is 0. The van der Waals surface area contributed by atoms with Crippen molar-refractivity contribution in [2.45, 2.75) is 32.5 Å². The molecule has 0 aliphatic carbocycles. The lowest BCUT2D eigenvalue weighted by Crippen LogP contribution is -2.55. The van der Waals surface area contributed by atoms with Crippen molar-refractivity contribution in [3.63, 3.8) is 0 Å². The van der Waals surface area contributed by atoms with Gasteiger partial charge >= 0.3 is 0 Å². The van der Waals surface area contributed by atoms with Gasteiger partial charge in [0, 0.05) is 31.5 Å². The van der Waals surface area contributed by atoms with Crippen molar-refractivity contribution in [2.24, 2.45) is 5.73 Å². The number of anilines is 1. The van der Waals surface area contributed by atoms with Crippen LogP contribution in [0.5, 0.6) is 0 Å². The number of hydrogen-bond donors (Lipinski definition) is 1. The standard InChI is InChI=1S/C12H20N4O/c1-9-4-5-14-11(15-9)16-7-10(6-13)17-12(2,3)8-16/h4-5,10H,6-8,13H2,1-3H3. The van der Waals surface area contributed by atoms with Gasteiger partial charge in [-0.25, -0.2) is 9.97 Å². The molecule has 1 aromatic heterocycles. The van der Waals surface area contributed by atoms with Gasteiger partial charge in [-0.15, -0.1) is 0 Å². The molecule has 5 nitrogen and oxygen atoms in total. The fourth-order valence-corrected chi connectivity index (χ4v) is 2.16. The summed E-state index contributed by atoms with van der Waals surface area (Å²) in [6.07, 6.45) is 1.83. The number of aryl methyl sites for hydroxylation is 1. The molecule has 1 aliphatic rings. The van der Waals surface area contributed by atoms with Crippen LogP contribution in [0.25, 0.3) is 0 Å². The minimum Gasteiger partial charge on any atom is -0.367 e. The first kappa shape index (κ1) is 12.3. The van der Waals surface area contributed by atoms with Crippen LogP contribution >= 0.6 is 0 Å². The molecule has 0 spiro atoms. The lowest BCUT2D eigenvalue weighted by Gasteiger charge is -2.42. The molecule has 0 radical (unpaired) electrons. The van der Waals surface area contributed by atoms with Crippen molar-refractivity contribution in [1.29, 1.82) is 0 Å². The lowest BCUT2D eigenvalue weighted by atomic mass is 10.1. The molecule has 1 unspecified atom stereocenters. The van der Waals surface area contributed by atoms with Gasteiger partial charge in [-0.3, -0.25) is 0 Å². The van der Waals surface area contributed by atoms with E-state index in [1.807, 2.05) is 13.0 Å². The fraction of sp³-hybridized carbons (Fsp3) is 0.667. The molecule has 1 aliphatic heterocycles. The summed E-state index contributed by atoms with van der Waals surface area (Å²) in [6, 6.07) is 1.90. The highest BCUT2D eigenvalue weighted by molar-refractivity contribution is 5.32. The van der Waals surface area contributed by atoms with Gasteiger partial charge in [0.25, 0.3) is 0 Å². The molecule has 0 amide bonds. The third-order valence-electron chi connectivity index (χ3n) is 2.81. The summed E-state index contributed by atoms with van der Waals surface area (Å²) < 4.78 is 5.88. The first-order chi connectivity index (χ1) is 8.00. The smallest absolute Gasteiger partial charge is 0.225 e. The summed E-state index contributed by atoms with van der Waals surface area (Å²) in [6.45, 7) is 8.16. The van der Waals surface area contributed by atoms with Crippen LogP contribution in [0.2, 0.25) is 0 Å². The predicted molar refractivity (Wildman–Crippen MR) is 67.0 cm³/mol. The van der Waals surface area contributed by atoms with Crippen molar-refractivity contribution in [3.8, 4) is 0 Å². The number of morpholine rings is 1. The van der Waals surface area contributed by atoms with E-state index in [0.29, 0.717) is 6.54 Å². The highest BCUT2D eigenvalue weighted by Gasteiger charge is 2.33. The van der Waals surface area contributed by atoms with Gasteiger partial charge < -0.3 is 15.4 Å². The van der Waals surface area contributed by atoms with Gasteiger partial charge in [-0.05, 0) is 26.8 Å². The maximum Gasteiger partial charge on any atom is 0.225 e. The molecule has 17 heavy (non-hydrogen) atoms. The van der Waals surface area contributed by atoms with Crippen molar-refractivity contribution in [2.75, 3.05) is 24.5 Å². The number of ether oxygens (including phenoxy) is 1. The maximum atomic E-state index is 5.88. The zero-order valence-electron chi connectivity index (χ0n) is 10.7. The molecule has 94 valence electrons. The van der Waals surface area contributed by atoms with E-state index in [4.69, 9.17) is 10.5 Å². The van der Waals surface area contributed by atoms with Crippen LogP contribution in [0.1, 0.15) is 19.5 Å². The average Bonchev–Trinajstić information content (AvgIpc) is 2.27. The summed E-state index contributed by atoms with van der Waals surface area (Å²) in [7, 11) is 0. The van der Waals surface area contributed by atoms with Crippen LogP contribution in [0.15, 0.2) is 12.3 Å². The van der Waals surface area contributed by atoms with Crippen LogP contribution in [-0.2, 0) is 4.74 Å². The normalized spacial score (nSPS) is 23.8. The molecule has 1 saturated heterocycles. The van der Waals surface area contributed by atoms with Crippen molar-refractivity contribution in [1.82, 2.24) is 9.97 Å². The first-order valence-electron chi connectivity index (χ1n) is 5.93. The fourth-order valence-electron chi connectivity index (χ4n) is 2.16. The first-order valence-corrected chi connectivity index (χ1v) is 5.93. The third-order valence-corrected chi connectivity index (χ3v) is 2.81. The molecule has 1 atom stereocenters. The zero-order chi connectivity index (χ0) is 12.5. The Morgan fingerprint density at radius 2 is 2.35 bits per heavy atom. The highest BCUT2D eigenvalue weighted by Crippen LogP contribution is 2.23. The van der Waals surface area contributed by atoms with Crippen LogP contribution < -0.4 is 10.6 Å². The Kier molecular flexibility index (Phi) is 3.31. The minimum absolute atomic E-state index is 0.0443. The number of nitrogens with zero attached hydrogens (tertiary/aromatic N) is 3. The van der Waals surface area contributed by atoms with Crippen molar-refractivity contribution in [3.05, 3.63) is 18.0 Å². The number of rotatable bonds is 2. The Balaban J connectivity index is 2.20. The number of nitrogens with two attached hydrogens (primary N) is 1. The summed E-state index contributed by atoms with van der Waals surface area (Å²) in [4.78, 5) is 10.9. The van der Waals surface area contributed by atoms with Crippen LogP contribution in [-0.4, -0.2) is 41.3 Å². The molecule has 0 bridgehead atoms. The highest BCUT2D eigenvalue weighted by atomic mass is 16.5. The molecule has 2 heterocycles. The van der Waals surface area contributed by atoms with Crippen molar-refractivity contribution < 1.29 is 4.74 Å². The predicted octanol–water partition coefficient (Wildman–Crippen LogP) is 0.728. The monoisotopic (exact) mass is 236 g/mol. The van der Waals surface area contributed by atoms with Gasteiger partial charge in [-0.2, -0.15) is 0 Å². The quantitative estimate of drug-likeness (QED) is 0.820. The van der Waals surface area contributed by atoms with E-state index in [-0.39, 0.29) is 11.7 Å². The van der Waals surface area contributed by atoms with Gasteiger partial charge in [0.2, 0.25) is 5.95 Å². The van der Waals surface area contributed by atoms with Gasteiger partial charge in [0.1, 0.15) is 0 Å². The van der Waals surface area contributed by atoms with E-state index in [9.17, 15) is 0 Å². The second kappa shape index (κ2) is 4.58. The Hall–Kier alpha value is -1.20. The molecule has 0 aromatic carbocycles. The topological polar surface area (TPSA) is 64.3 Å². The third kappa shape index (κ3) is 2.92. The SMILES string of the molecule is Cc1ccnc(N2CC(CN)OC(C)(C)C2)n1. The zero-order valence-corrected chi connectivity index (χ0v) is 10.7. The summed E-state index contributed by atoms with van der Waals surface area (Å²) in [5.41, 5.74) is 6.46. The van der Waals surface area contributed by atoms with E-state index < -0.39 is 0 Å². The van der Waals surface area contributed by atoms with E-state index in [0.717, 1.165) is 24.7 Å². The second-order valence-corrected chi connectivity index (χ2v) is 5.11. The summed E-state index contributed by atoms with van der Waals surface area (Å²) >= 11 is 0. The molecular formula is C12H20N4O. The van der Waals surface area contributed by atoms with Gasteiger partial charge in [0.05, 0.1) is 11.7 Å². The average molecular weight is 236 g/mol. The second-order valence-electron chi connectivity index (χ2n) is 5.11. The minimum atomic E-state index is -0.213. The van der Waals surface area contributed by atoms with Crippen LogP contribution in [0.4, 0.5) is 5.95 Å². The van der Waals surface area contributed by atoms with Crippen LogP contribution in [0.3, 0.4) is 0 Å². The van der Waals surface area contributed by atoms with Gasteiger partial charge in [-0.1, -0.05) is 0 Å². The molecule has 2 rings (SSSR count).